The number of thioether (sulfide) groups is 1. The first-order valence-electron chi connectivity index (χ1n) is 8.24. The number of rotatable bonds is 4. The van der Waals surface area contributed by atoms with Gasteiger partial charge in [-0.1, -0.05) is 41.6 Å². The lowest BCUT2D eigenvalue weighted by atomic mass is 10.1. The van der Waals surface area contributed by atoms with E-state index in [2.05, 4.69) is 20.9 Å². The maximum atomic E-state index is 12.3. The van der Waals surface area contributed by atoms with Crippen LogP contribution < -0.4 is 4.74 Å². The molecule has 4 rings (SSSR count). The minimum Gasteiger partial charge on any atom is -0.488 e. The van der Waals surface area contributed by atoms with Gasteiger partial charge < -0.3 is 4.74 Å². The molecule has 28 heavy (non-hydrogen) atoms. The van der Waals surface area contributed by atoms with Crippen molar-refractivity contribution in [3.8, 4) is 5.75 Å². The van der Waals surface area contributed by atoms with Crippen molar-refractivity contribution in [1.29, 1.82) is 5.41 Å². The fourth-order valence-electron chi connectivity index (χ4n) is 2.66. The van der Waals surface area contributed by atoms with E-state index in [0.29, 0.717) is 22.5 Å². The van der Waals surface area contributed by atoms with Gasteiger partial charge in [0.2, 0.25) is 0 Å². The van der Waals surface area contributed by atoms with E-state index in [1.807, 2.05) is 42.5 Å². The average molecular weight is 475 g/mol. The highest BCUT2D eigenvalue weighted by atomic mass is 79.9. The second-order valence-electron chi connectivity index (χ2n) is 5.98. The Hall–Kier alpha value is -2.35. The normalized spacial score (nSPS) is 17.1. The minimum atomic E-state index is -0.411. The first-order valence-corrected chi connectivity index (χ1v) is 10.3. The fraction of sp³-hybridized carbons (Fsp3) is 0.0500. The molecule has 0 unspecified atom stereocenters. The van der Waals surface area contributed by atoms with Gasteiger partial charge in [-0.3, -0.25) is 15.1 Å². The topological polar surface area (TPSA) is 65.8 Å². The molecule has 2 aromatic carbocycles. The molecule has 0 radical (unpaired) electrons. The number of halogens is 2. The maximum absolute atomic E-state index is 12.3. The van der Waals surface area contributed by atoms with E-state index >= 15 is 0 Å². The number of ether oxygens (including phenoxy) is 1. The summed E-state index contributed by atoms with van der Waals surface area (Å²) in [5.74, 6) is 0.392. The number of aliphatic imine (C=N–C) groups is 1. The molecule has 0 bridgehead atoms. The third-order valence-corrected chi connectivity index (χ3v) is 5.72. The number of amides is 1. The van der Waals surface area contributed by atoms with Crippen molar-refractivity contribution in [2.24, 2.45) is 4.99 Å². The monoisotopic (exact) mass is 473 g/mol. The van der Waals surface area contributed by atoms with Crippen molar-refractivity contribution >= 4 is 62.3 Å². The molecule has 0 fully saturated rings. The molecule has 2 aromatic rings. The van der Waals surface area contributed by atoms with E-state index in [0.717, 1.165) is 15.6 Å². The van der Waals surface area contributed by atoms with Crippen LogP contribution in [0, 0.1) is 5.41 Å². The van der Waals surface area contributed by atoms with Crippen LogP contribution in [0.2, 0.25) is 5.02 Å². The molecular weight excluding hydrogens is 462 g/mol. The number of hydrogen-bond acceptors (Lipinski definition) is 4. The molecule has 0 saturated carbocycles. The third-order valence-electron chi connectivity index (χ3n) is 4.09. The molecule has 0 saturated heterocycles. The van der Waals surface area contributed by atoms with Crippen LogP contribution in [0.4, 0.5) is 0 Å². The van der Waals surface area contributed by atoms with Crippen molar-refractivity contribution in [1.82, 2.24) is 4.90 Å². The number of hydrogen-bond donors (Lipinski definition) is 1. The molecule has 2 aliphatic heterocycles. The molecule has 0 spiro atoms. The lowest BCUT2D eigenvalue weighted by Gasteiger charge is -2.22. The molecular formula is C20H13BrClN3O2S. The number of amidine groups is 2. The SMILES string of the molecule is N=C1C(=Cc2ccc(OCc3ccc(Cl)cc3)c(Br)c2)C(=O)N=C2SC=CN12. The molecule has 5 nitrogen and oxygen atoms in total. The van der Waals surface area contributed by atoms with Gasteiger partial charge in [0.05, 0.1) is 10.0 Å². The van der Waals surface area contributed by atoms with Gasteiger partial charge in [0.15, 0.2) is 5.17 Å². The predicted molar refractivity (Wildman–Crippen MR) is 117 cm³/mol. The number of fused-ring (bicyclic) bond motifs is 1. The summed E-state index contributed by atoms with van der Waals surface area (Å²) in [4.78, 5) is 17.9. The van der Waals surface area contributed by atoms with Crippen LogP contribution in [0.1, 0.15) is 11.1 Å². The lowest BCUT2D eigenvalue weighted by molar-refractivity contribution is -0.114. The van der Waals surface area contributed by atoms with E-state index < -0.39 is 5.91 Å². The molecule has 0 aromatic heterocycles. The Morgan fingerprint density at radius 3 is 2.79 bits per heavy atom. The summed E-state index contributed by atoms with van der Waals surface area (Å²) in [6.07, 6.45) is 3.39. The van der Waals surface area contributed by atoms with Gasteiger partial charge in [0, 0.05) is 11.2 Å². The Bertz CT molecular complexity index is 1060. The standard InChI is InChI=1S/C20H13BrClN3O2S/c21-16-10-13(3-6-17(16)27-11-12-1-4-14(22)5-2-12)9-15-18(23)25-7-8-28-20(25)24-19(15)26/h1-10,23H,11H2. The van der Waals surface area contributed by atoms with Crippen LogP contribution in [-0.4, -0.2) is 21.8 Å². The maximum Gasteiger partial charge on any atom is 0.283 e. The van der Waals surface area contributed by atoms with Gasteiger partial charge in [-0.2, -0.15) is 4.99 Å². The van der Waals surface area contributed by atoms with Gasteiger partial charge >= 0.3 is 0 Å². The fourth-order valence-corrected chi connectivity index (χ4v) is 4.01. The Morgan fingerprint density at radius 2 is 2.04 bits per heavy atom. The smallest absolute Gasteiger partial charge is 0.283 e. The highest BCUT2D eigenvalue weighted by molar-refractivity contribution is 9.10. The zero-order chi connectivity index (χ0) is 19.7. The molecule has 0 atom stereocenters. The minimum absolute atomic E-state index is 0.121. The zero-order valence-corrected chi connectivity index (χ0v) is 17.5. The number of nitrogens with one attached hydrogen (secondary N) is 1. The number of benzene rings is 2. The quantitative estimate of drug-likeness (QED) is 0.598. The highest BCUT2D eigenvalue weighted by Gasteiger charge is 2.30. The van der Waals surface area contributed by atoms with Gasteiger partial charge in [-0.05, 0) is 62.8 Å². The second kappa shape index (κ2) is 7.95. The van der Waals surface area contributed by atoms with Crippen molar-refractivity contribution in [3.63, 3.8) is 0 Å². The molecule has 140 valence electrons. The van der Waals surface area contributed by atoms with Crippen LogP contribution in [-0.2, 0) is 11.4 Å². The average Bonchev–Trinajstić information content (AvgIpc) is 3.14. The van der Waals surface area contributed by atoms with Crippen LogP contribution in [0.5, 0.6) is 5.75 Å². The van der Waals surface area contributed by atoms with Gasteiger partial charge in [0.1, 0.15) is 18.2 Å². The zero-order valence-electron chi connectivity index (χ0n) is 14.4. The van der Waals surface area contributed by atoms with Crippen molar-refractivity contribution in [3.05, 3.63) is 80.3 Å². The summed E-state index contributed by atoms with van der Waals surface area (Å²) >= 11 is 10.7. The summed E-state index contributed by atoms with van der Waals surface area (Å²) in [6, 6.07) is 13.0. The summed E-state index contributed by atoms with van der Waals surface area (Å²) in [5.41, 5.74) is 2.03. The first-order chi connectivity index (χ1) is 13.5. The Balaban J connectivity index is 1.52. The van der Waals surface area contributed by atoms with E-state index in [4.69, 9.17) is 21.7 Å². The Kier molecular flexibility index (Phi) is 5.39. The Labute approximate surface area is 179 Å². The summed E-state index contributed by atoms with van der Waals surface area (Å²) in [6.45, 7) is 0.412. The molecule has 8 heteroatoms. The number of carbonyl (C=O) groups excluding carboxylic acids is 1. The summed E-state index contributed by atoms with van der Waals surface area (Å²) < 4.78 is 6.60. The largest absolute Gasteiger partial charge is 0.488 e. The Morgan fingerprint density at radius 1 is 1.25 bits per heavy atom. The van der Waals surface area contributed by atoms with Gasteiger partial charge in [-0.15, -0.1) is 0 Å². The van der Waals surface area contributed by atoms with Crippen molar-refractivity contribution in [2.45, 2.75) is 6.61 Å². The molecule has 1 amide bonds. The lowest BCUT2D eigenvalue weighted by Crippen LogP contribution is -2.35. The predicted octanol–water partition coefficient (Wildman–Crippen LogP) is 5.46. The summed E-state index contributed by atoms with van der Waals surface area (Å²) in [7, 11) is 0. The second-order valence-corrected chi connectivity index (χ2v) is 8.15. The molecule has 2 aliphatic rings. The summed E-state index contributed by atoms with van der Waals surface area (Å²) in [5, 5.41) is 11.3. The number of nitrogens with zero attached hydrogens (tertiary/aromatic N) is 2. The molecule has 2 heterocycles. The van der Waals surface area contributed by atoms with Crippen molar-refractivity contribution < 1.29 is 9.53 Å². The van der Waals surface area contributed by atoms with Crippen LogP contribution in [0.25, 0.3) is 6.08 Å². The van der Waals surface area contributed by atoms with Gasteiger partial charge in [-0.25, -0.2) is 0 Å². The van der Waals surface area contributed by atoms with E-state index in [9.17, 15) is 4.79 Å². The van der Waals surface area contributed by atoms with E-state index in [-0.39, 0.29) is 11.4 Å². The highest BCUT2D eigenvalue weighted by Crippen LogP contribution is 2.30. The number of carbonyl (C=O) groups is 1. The molecule has 0 aliphatic carbocycles. The van der Waals surface area contributed by atoms with Gasteiger partial charge in [0.25, 0.3) is 5.91 Å². The first kappa shape index (κ1) is 19.0. The van der Waals surface area contributed by atoms with E-state index in [1.165, 1.54) is 11.8 Å². The van der Waals surface area contributed by atoms with Crippen LogP contribution >= 0.6 is 39.3 Å². The van der Waals surface area contributed by atoms with Crippen LogP contribution in [0.15, 0.2) is 69.1 Å². The molecule has 1 N–H and O–H groups in total. The van der Waals surface area contributed by atoms with Crippen molar-refractivity contribution in [2.75, 3.05) is 0 Å². The van der Waals surface area contributed by atoms with E-state index in [1.54, 1.807) is 22.6 Å². The third kappa shape index (κ3) is 3.92. The van der Waals surface area contributed by atoms with Crippen LogP contribution in [0.3, 0.4) is 0 Å².